The van der Waals surface area contributed by atoms with Gasteiger partial charge < -0.3 is 15.4 Å². The SMILES string of the molecule is COC(=O)CCN(Cc1ccc(F)c(F)c1)C(=O)C(C)N. The number of amides is 1. The molecular formula is C14H18F2N2O3. The molecule has 2 N–H and O–H groups in total. The number of carbonyl (C=O) groups excluding carboxylic acids is 2. The van der Waals surface area contributed by atoms with Gasteiger partial charge in [0.25, 0.3) is 0 Å². The minimum absolute atomic E-state index is 0.00135. The molecule has 116 valence electrons. The molecular weight excluding hydrogens is 282 g/mol. The first kappa shape index (κ1) is 17.0. The van der Waals surface area contributed by atoms with E-state index in [1.807, 2.05) is 0 Å². The summed E-state index contributed by atoms with van der Waals surface area (Å²) in [6, 6.07) is 2.61. The lowest BCUT2D eigenvalue weighted by molar-refractivity contribution is -0.142. The smallest absolute Gasteiger partial charge is 0.307 e. The molecule has 1 aromatic rings. The van der Waals surface area contributed by atoms with Crippen molar-refractivity contribution in [1.82, 2.24) is 4.90 Å². The second-order valence-electron chi connectivity index (χ2n) is 4.62. The maximum atomic E-state index is 13.2. The number of rotatable bonds is 6. The monoisotopic (exact) mass is 300 g/mol. The van der Waals surface area contributed by atoms with Crippen molar-refractivity contribution >= 4 is 11.9 Å². The van der Waals surface area contributed by atoms with Gasteiger partial charge in [0.15, 0.2) is 11.6 Å². The van der Waals surface area contributed by atoms with Gasteiger partial charge in [0.05, 0.1) is 19.6 Å². The fraction of sp³-hybridized carbons (Fsp3) is 0.429. The highest BCUT2D eigenvalue weighted by molar-refractivity contribution is 5.81. The summed E-state index contributed by atoms with van der Waals surface area (Å²) in [6.45, 7) is 1.64. The molecule has 1 amide bonds. The molecule has 1 unspecified atom stereocenters. The minimum Gasteiger partial charge on any atom is -0.469 e. The molecule has 0 saturated heterocycles. The summed E-state index contributed by atoms with van der Waals surface area (Å²) >= 11 is 0. The normalized spacial score (nSPS) is 11.9. The van der Waals surface area contributed by atoms with Crippen LogP contribution in [0.3, 0.4) is 0 Å². The van der Waals surface area contributed by atoms with Crippen LogP contribution in [-0.2, 0) is 20.9 Å². The summed E-state index contributed by atoms with van der Waals surface area (Å²) < 4.78 is 30.6. The summed E-state index contributed by atoms with van der Waals surface area (Å²) in [6.07, 6.45) is -0.00135. The third-order valence-electron chi connectivity index (χ3n) is 2.87. The molecule has 0 aliphatic carbocycles. The third-order valence-corrected chi connectivity index (χ3v) is 2.87. The van der Waals surface area contributed by atoms with Crippen LogP contribution in [0.1, 0.15) is 18.9 Å². The second-order valence-corrected chi connectivity index (χ2v) is 4.62. The van der Waals surface area contributed by atoms with Crippen LogP contribution in [0.4, 0.5) is 8.78 Å². The molecule has 1 rings (SSSR count). The highest BCUT2D eigenvalue weighted by Gasteiger charge is 2.19. The summed E-state index contributed by atoms with van der Waals surface area (Å²) in [4.78, 5) is 24.5. The molecule has 21 heavy (non-hydrogen) atoms. The number of esters is 1. The van der Waals surface area contributed by atoms with Crippen molar-refractivity contribution in [2.24, 2.45) is 5.73 Å². The van der Waals surface area contributed by atoms with Crippen LogP contribution in [-0.4, -0.2) is 36.5 Å². The Morgan fingerprint density at radius 2 is 2.00 bits per heavy atom. The number of halogens is 2. The molecule has 0 aliphatic heterocycles. The van der Waals surface area contributed by atoms with E-state index in [1.54, 1.807) is 0 Å². The number of methoxy groups -OCH3 is 1. The van der Waals surface area contributed by atoms with Crippen LogP contribution in [0.2, 0.25) is 0 Å². The van der Waals surface area contributed by atoms with Crippen LogP contribution in [0.5, 0.6) is 0 Å². The molecule has 0 aliphatic rings. The minimum atomic E-state index is -0.992. The second kappa shape index (κ2) is 7.68. The van der Waals surface area contributed by atoms with Crippen LogP contribution in [0, 0.1) is 11.6 Å². The average Bonchev–Trinajstić information content (AvgIpc) is 2.45. The van der Waals surface area contributed by atoms with Crippen molar-refractivity contribution < 1.29 is 23.1 Å². The number of nitrogens with two attached hydrogens (primary N) is 1. The maximum Gasteiger partial charge on any atom is 0.307 e. The molecule has 0 spiro atoms. The van der Waals surface area contributed by atoms with E-state index < -0.39 is 23.6 Å². The number of nitrogens with zero attached hydrogens (tertiary/aromatic N) is 1. The van der Waals surface area contributed by atoms with Crippen LogP contribution >= 0.6 is 0 Å². The Hall–Kier alpha value is -2.02. The highest BCUT2D eigenvalue weighted by Crippen LogP contribution is 2.12. The first-order valence-corrected chi connectivity index (χ1v) is 6.40. The molecule has 0 fully saturated rings. The zero-order chi connectivity index (χ0) is 16.0. The van der Waals surface area contributed by atoms with E-state index in [0.29, 0.717) is 5.56 Å². The van der Waals surface area contributed by atoms with Gasteiger partial charge in [-0.25, -0.2) is 8.78 Å². The van der Waals surface area contributed by atoms with E-state index in [0.717, 1.165) is 12.1 Å². The van der Waals surface area contributed by atoms with Gasteiger partial charge in [-0.3, -0.25) is 9.59 Å². The van der Waals surface area contributed by atoms with Gasteiger partial charge in [-0.1, -0.05) is 6.07 Å². The Morgan fingerprint density at radius 3 is 2.52 bits per heavy atom. The topological polar surface area (TPSA) is 72.6 Å². The van der Waals surface area contributed by atoms with Crippen molar-refractivity contribution in [3.63, 3.8) is 0 Å². The lowest BCUT2D eigenvalue weighted by atomic mass is 10.1. The summed E-state index contributed by atoms with van der Waals surface area (Å²) in [5.74, 6) is -2.81. The zero-order valence-corrected chi connectivity index (χ0v) is 11.9. The van der Waals surface area contributed by atoms with Gasteiger partial charge >= 0.3 is 5.97 Å². The largest absolute Gasteiger partial charge is 0.469 e. The fourth-order valence-electron chi connectivity index (χ4n) is 1.74. The van der Waals surface area contributed by atoms with Gasteiger partial charge in [0, 0.05) is 13.1 Å². The van der Waals surface area contributed by atoms with Gasteiger partial charge in [-0.15, -0.1) is 0 Å². The molecule has 0 saturated carbocycles. The Morgan fingerprint density at radius 1 is 1.33 bits per heavy atom. The van der Waals surface area contributed by atoms with Gasteiger partial charge in [0.1, 0.15) is 0 Å². The van der Waals surface area contributed by atoms with Crippen molar-refractivity contribution in [3.8, 4) is 0 Å². The molecule has 5 nitrogen and oxygen atoms in total. The molecule has 0 radical (unpaired) electrons. The van der Waals surface area contributed by atoms with E-state index in [9.17, 15) is 18.4 Å². The van der Waals surface area contributed by atoms with E-state index in [1.165, 1.54) is 25.0 Å². The van der Waals surface area contributed by atoms with E-state index in [2.05, 4.69) is 4.74 Å². The lowest BCUT2D eigenvalue weighted by Gasteiger charge is -2.24. The van der Waals surface area contributed by atoms with E-state index in [4.69, 9.17) is 5.73 Å². The van der Waals surface area contributed by atoms with Crippen molar-refractivity contribution in [2.45, 2.75) is 25.9 Å². The third kappa shape index (κ3) is 5.11. The highest BCUT2D eigenvalue weighted by atomic mass is 19.2. The average molecular weight is 300 g/mol. The predicted molar refractivity (Wildman–Crippen MR) is 72.1 cm³/mol. The van der Waals surface area contributed by atoms with Gasteiger partial charge in [-0.05, 0) is 24.6 Å². The first-order chi connectivity index (χ1) is 9.85. The van der Waals surface area contributed by atoms with E-state index in [-0.39, 0.29) is 25.4 Å². The zero-order valence-electron chi connectivity index (χ0n) is 11.9. The standard InChI is InChI=1S/C14H18F2N2O3/c1-9(17)14(20)18(6-5-13(19)21-2)8-10-3-4-11(15)12(16)7-10/h3-4,7,9H,5-6,8,17H2,1-2H3. The fourth-order valence-corrected chi connectivity index (χ4v) is 1.74. The molecule has 1 atom stereocenters. The van der Waals surface area contributed by atoms with Crippen LogP contribution < -0.4 is 5.73 Å². The lowest BCUT2D eigenvalue weighted by Crippen LogP contribution is -2.42. The van der Waals surface area contributed by atoms with Crippen molar-refractivity contribution in [2.75, 3.05) is 13.7 Å². The molecule has 7 heteroatoms. The Bertz CT molecular complexity index is 521. The predicted octanol–water partition coefficient (Wildman–Crippen LogP) is 1.20. The molecule has 0 bridgehead atoms. The van der Waals surface area contributed by atoms with Crippen molar-refractivity contribution in [1.29, 1.82) is 0 Å². The Balaban J connectivity index is 2.82. The maximum absolute atomic E-state index is 13.2. The Kier molecular flexibility index (Phi) is 6.23. The summed E-state index contributed by atoms with van der Waals surface area (Å²) in [5, 5.41) is 0. The molecule has 1 aromatic carbocycles. The van der Waals surface area contributed by atoms with Crippen LogP contribution in [0.15, 0.2) is 18.2 Å². The van der Waals surface area contributed by atoms with Gasteiger partial charge in [-0.2, -0.15) is 0 Å². The summed E-state index contributed by atoms with van der Waals surface area (Å²) in [7, 11) is 1.25. The van der Waals surface area contributed by atoms with E-state index >= 15 is 0 Å². The number of hydrogen-bond donors (Lipinski definition) is 1. The quantitative estimate of drug-likeness (QED) is 0.801. The number of hydrogen-bond acceptors (Lipinski definition) is 4. The summed E-state index contributed by atoms with van der Waals surface area (Å²) in [5.41, 5.74) is 5.95. The first-order valence-electron chi connectivity index (χ1n) is 6.40. The van der Waals surface area contributed by atoms with Gasteiger partial charge in [0.2, 0.25) is 5.91 Å². The number of benzene rings is 1. The van der Waals surface area contributed by atoms with Crippen molar-refractivity contribution in [3.05, 3.63) is 35.4 Å². The number of carbonyl (C=O) groups is 2. The molecule has 0 aromatic heterocycles. The van der Waals surface area contributed by atoms with Crippen LogP contribution in [0.25, 0.3) is 0 Å². The number of ether oxygens (including phenoxy) is 1. The molecule has 0 heterocycles. The Labute approximate surface area is 121 Å².